The quantitative estimate of drug-likeness (QED) is 0.350. The maximum absolute atomic E-state index is 13.3. The Morgan fingerprint density at radius 3 is 2.65 bits per heavy atom. The topological polar surface area (TPSA) is 103 Å². The smallest absolute Gasteiger partial charge is 0.253 e. The van der Waals surface area contributed by atoms with Gasteiger partial charge < -0.3 is 14.6 Å². The second kappa shape index (κ2) is 9.87. The third kappa shape index (κ3) is 4.94. The van der Waals surface area contributed by atoms with Gasteiger partial charge in [0.1, 0.15) is 6.61 Å². The first-order valence-electron chi connectivity index (χ1n) is 11.9. The van der Waals surface area contributed by atoms with Gasteiger partial charge in [0.15, 0.2) is 5.65 Å². The number of carbonyl (C=O) groups excluding carboxylic acids is 2. The third-order valence-corrected chi connectivity index (χ3v) is 6.31. The summed E-state index contributed by atoms with van der Waals surface area (Å²) >= 11 is 0. The molecule has 0 aliphatic heterocycles. The van der Waals surface area contributed by atoms with Crippen LogP contribution in [0.4, 0.5) is 5.95 Å². The van der Waals surface area contributed by atoms with Gasteiger partial charge in [-0.25, -0.2) is 4.52 Å². The Kier molecular flexibility index (Phi) is 6.45. The fraction of sp³-hybridized carbons (Fsp3) is 0.214. The molecule has 3 heterocycles. The van der Waals surface area contributed by atoms with Crippen LogP contribution in [0, 0.1) is 6.92 Å². The molecule has 0 aliphatic rings. The average Bonchev–Trinajstić information content (AvgIpc) is 3.43. The standard InChI is InChI=1S/C28H28N6O3/c1-17-6-5-7-19(12-17)18(2)29-27(36)23-15-33(3)24-10-8-20(13-22(23)24)21-9-11-25-30-28(32-34(25)14-21)31-26(35)16-37-4/h5-15,18H,16H2,1-4H3,(H,29,36)(H,31,32,35)/t18-/m0/s1. The van der Waals surface area contributed by atoms with E-state index in [4.69, 9.17) is 4.74 Å². The Morgan fingerprint density at radius 1 is 1.05 bits per heavy atom. The number of anilines is 1. The molecule has 0 bridgehead atoms. The Balaban J connectivity index is 1.44. The van der Waals surface area contributed by atoms with Gasteiger partial charge in [-0.15, -0.1) is 5.10 Å². The van der Waals surface area contributed by atoms with Crippen LogP contribution in [0.3, 0.4) is 0 Å². The largest absolute Gasteiger partial charge is 0.375 e. The highest BCUT2D eigenvalue weighted by Crippen LogP contribution is 2.28. The van der Waals surface area contributed by atoms with Crippen LogP contribution >= 0.6 is 0 Å². The van der Waals surface area contributed by atoms with E-state index in [1.165, 1.54) is 7.11 Å². The maximum atomic E-state index is 13.3. The molecule has 0 radical (unpaired) electrons. The summed E-state index contributed by atoms with van der Waals surface area (Å²) < 4.78 is 8.41. The Hall–Kier alpha value is -4.50. The third-order valence-electron chi connectivity index (χ3n) is 6.31. The zero-order valence-electron chi connectivity index (χ0n) is 21.1. The van der Waals surface area contributed by atoms with Crippen LogP contribution in [0.15, 0.2) is 67.0 Å². The molecule has 1 atom stereocenters. The molecule has 2 aromatic carbocycles. The number of ether oxygens (including phenoxy) is 1. The minimum Gasteiger partial charge on any atom is -0.375 e. The number of rotatable bonds is 7. The van der Waals surface area contributed by atoms with Gasteiger partial charge in [-0.3, -0.25) is 14.9 Å². The Labute approximate surface area is 214 Å². The van der Waals surface area contributed by atoms with E-state index in [-0.39, 0.29) is 30.4 Å². The van der Waals surface area contributed by atoms with Crippen molar-refractivity contribution in [3.8, 4) is 11.1 Å². The van der Waals surface area contributed by atoms with E-state index in [0.717, 1.165) is 33.2 Å². The van der Waals surface area contributed by atoms with Crippen molar-refractivity contribution in [1.82, 2.24) is 24.5 Å². The average molecular weight is 497 g/mol. The maximum Gasteiger partial charge on any atom is 0.253 e. The monoisotopic (exact) mass is 496 g/mol. The highest BCUT2D eigenvalue weighted by atomic mass is 16.5. The molecule has 2 N–H and O–H groups in total. The van der Waals surface area contributed by atoms with Gasteiger partial charge in [-0.2, -0.15) is 4.98 Å². The number of hydrogen-bond acceptors (Lipinski definition) is 5. The molecule has 9 heteroatoms. The van der Waals surface area contributed by atoms with Gasteiger partial charge in [-0.1, -0.05) is 35.9 Å². The molecule has 37 heavy (non-hydrogen) atoms. The SMILES string of the molecule is COCC(=O)Nc1nc2ccc(-c3ccc4c(c3)c(C(=O)N[C@@H](C)c3cccc(C)c3)cn4C)cn2n1. The number of aryl methyl sites for hydroxylation is 2. The predicted molar refractivity (Wildman–Crippen MR) is 142 cm³/mol. The summed E-state index contributed by atoms with van der Waals surface area (Å²) in [5.41, 5.74) is 6.23. The fourth-order valence-corrected chi connectivity index (χ4v) is 4.45. The number of fused-ring (bicyclic) bond motifs is 2. The summed E-state index contributed by atoms with van der Waals surface area (Å²) in [5, 5.41) is 11.0. The Morgan fingerprint density at radius 2 is 1.86 bits per heavy atom. The number of nitrogens with one attached hydrogen (secondary N) is 2. The fourth-order valence-electron chi connectivity index (χ4n) is 4.45. The lowest BCUT2D eigenvalue weighted by Gasteiger charge is -2.14. The van der Waals surface area contributed by atoms with Gasteiger partial charge in [-0.05, 0) is 49.2 Å². The van der Waals surface area contributed by atoms with Crippen molar-refractivity contribution in [2.24, 2.45) is 7.05 Å². The summed E-state index contributed by atoms with van der Waals surface area (Å²) in [6, 6.07) is 17.8. The lowest BCUT2D eigenvalue weighted by molar-refractivity contribution is -0.119. The number of amides is 2. The van der Waals surface area contributed by atoms with Crippen molar-refractivity contribution in [2.45, 2.75) is 19.9 Å². The molecule has 5 rings (SSSR count). The molecule has 188 valence electrons. The summed E-state index contributed by atoms with van der Waals surface area (Å²) in [5.74, 6) is -0.241. The van der Waals surface area contributed by atoms with E-state index >= 15 is 0 Å². The number of pyridine rings is 1. The molecule has 5 aromatic rings. The number of nitrogens with zero attached hydrogens (tertiary/aromatic N) is 4. The van der Waals surface area contributed by atoms with Gasteiger partial charge in [0.2, 0.25) is 5.95 Å². The molecule has 0 spiro atoms. The number of aromatic nitrogens is 4. The molecule has 9 nitrogen and oxygen atoms in total. The molecule has 3 aromatic heterocycles. The molecule has 2 amide bonds. The van der Waals surface area contributed by atoms with Gasteiger partial charge in [0.05, 0.1) is 11.6 Å². The molecular weight excluding hydrogens is 468 g/mol. The Bertz CT molecular complexity index is 1630. The van der Waals surface area contributed by atoms with Gasteiger partial charge in [0.25, 0.3) is 11.8 Å². The molecule has 0 saturated heterocycles. The lowest BCUT2D eigenvalue weighted by Crippen LogP contribution is -2.26. The van der Waals surface area contributed by atoms with Crippen LogP contribution in [-0.2, 0) is 16.6 Å². The van der Waals surface area contributed by atoms with E-state index in [2.05, 4.69) is 26.8 Å². The van der Waals surface area contributed by atoms with Crippen LogP contribution in [-0.4, -0.2) is 44.7 Å². The summed E-state index contributed by atoms with van der Waals surface area (Å²) in [4.78, 5) is 29.4. The van der Waals surface area contributed by atoms with Crippen molar-refractivity contribution in [3.63, 3.8) is 0 Å². The number of carbonyl (C=O) groups is 2. The molecule has 0 saturated carbocycles. The van der Waals surface area contributed by atoms with Crippen LogP contribution in [0.5, 0.6) is 0 Å². The minimum absolute atomic E-state index is 0.0719. The first-order chi connectivity index (χ1) is 17.8. The van der Waals surface area contributed by atoms with Gasteiger partial charge in [0, 0.05) is 43.0 Å². The summed E-state index contributed by atoms with van der Waals surface area (Å²) in [6.07, 6.45) is 3.71. The molecular formula is C28H28N6O3. The zero-order valence-corrected chi connectivity index (χ0v) is 21.1. The number of benzene rings is 2. The van der Waals surface area contributed by atoms with Crippen LogP contribution < -0.4 is 10.6 Å². The summed E-state index contributed by atoms with van der Waals surface area (Å²) in [7, 11) is 3.38. The molecule has 0 aliphatic carbocycles. The second-order valence-electron chi connectivity index (χ2n) is 9.13. The number of hydrogen-bond donors (Lipinski definition) is 2. The molecule has 0 unspecified atom stereocenters. The van der Waals surface area contributed by atoms with E-state index in [1.54, 1.807) is 4.52 Å². The highest BCUT2D eigenvalue weighted by molar-refractivity contribution is 6.08. The summed E-state index contributed by atoms with van der Waals surface area (Å²) in [6.45, 7) is 3.96. The van der Waals surface area contributed by atoms with Gasteiger partial charge >= 0.3 is 0 Å². The van der Waals surface area contributed by atoms with Crippen molar-refractivity contribution in [1.29, 1.82) is 0 Å². The van der Waals surface area contributed by atoms with E-state index in [0.29, 0.717) is 11.2 Å². The van der Waals surface area contributed by atoms with Crippen LogP contribution in [0.1, 0.15) is 34.5 Å². The zero-order chi connectivity index (χ0) is 26.1. The normalized spacial score (nSPS) is 12.1. The predicted octanol–water partition coefficient (Wildman–Crippen LogP) is 4.27. The first kappa shape index (κ1) is 24.2. The van der Waals surface area contributed by atoms with Crippen LogP contribution in [0.2, 0.25) is 0 Å². The lowest BCUT2D eigenvalue weighted by atomic mass is 10.0. The van der Waals surface area contributed by atoms with E-state index < -0.39 is 0 Å². The van der Waals surface area contributed by atoms with Crippen molar-refractivity contribution >= 4 is 34.3 Å². The van der Waals surface area contributed by atoms with Crippen LogP contribution in [0.25, 0.3) is 27.7 Å². The second-order valence-corrected chi connectivity index (χ2v) is 9.13. The van der Waals surface area contributed by atoms with E-state index in [9.17, 15) is 9.59 Å². The highest BCUT2D eigenvalue weighted by Gasteiger charge is 2.18. The van der Waals surface area contributed by atoms with Crippen molar-refractivity contribution in [3.05, 3.63) is 83.7 Å². The minimum atomic E-state index is -0.323. The van der Waals surface area contributed by atoms with Crippen molar-refractivity contribution < 1.29 is 14.3 Å². The molecule has 0 fully saturated rings. The van der Waals surface area contributed by atoms with E-state index in [1.807, 2.05) is 86.4 Å². The number of methoxy groups -OCH3 is 1. The van der Waals surface area contributed by atoms with Crippen molar-refractivity contribution in [2.75, 3.05) is 19.0 Å². The first-order valence-corrected chi connectivity index (χ1v) is 11.9.